The maximum absolute atomic E-state index is 13.9. The number of halogens is 1. The van der Waals surface area contributed by atoms with Gasteiger partial charge in [-0.15, -0.1) is 5.10 Å². The molecular weight excluding hydrogens is 562 g/mol. The van der Waals surface area contributed by atoms with Crippen LogP contribution in [-0.2, 0) is 34.7 Å². The zero-order chi connectivity index (χ0) is 27.6. The molecule has 0 aliphatic carbocycles. The molecule has 1 fully saturated rings. The van der Waals surface area contributed by atoms with E-state index in [0.717, 1.165) is 27.8 Å². The Labute approximate surface area is 235 Å². The van der Waals surface area contributed by atoms with Crippen molar-refractivity contribution in [2.75, 3.05) is 23.0 Å². The van der Waals surface area contributed by atoms with Crippen LogP contribution in [0.25, 0.3) is 0 Å². The number of benzene rings is 2. The summed E-state index contributed by atoms with van der Waals surface area (Å²) in [6.45, 7) is 3.45. The van der Waals surface area contributed by atoms with E-state index in [9.17, 15) is 14.7 Å². The van der Waals surface area contributed by atoms with Crippen molar-refractivity contribution in [1.82, 2.24) is 15.0 Å². The maximum Gasteiger partial charge on any atom is 0.264 e. The molecule has 0 saturated carbocycles. The van der Waals surface area contributed by atoms with Crippen LogP contribution < -0.4 is 9.80 Å². The van der Waals surface area contributed by atoms with Crippen LogP contribution in [0.1, 0.15) is 43.0 Å². The van der Waals surface area contributed by atoms with E-state index in [-0.39, 0.29) is 25.0 Å². The lowest BCUT2D eigenvalue weighted by Gasteiger charge is -2.28. The number of nitrogens with zero attached hydrogens (tertiary/aromatic N) is 5. The third kappa shape index (κ3) is 5.41. The Kier molecular flexibility index (Phi) is 7.97. The van der Waals surface area contributed by atoms with Gasteiger partial charge in [-0.25, -0.2) is 0 Å². The molecule has 2 atom stereocenters. The van der Waals surface area contributed by atoms with Gasteiger partial charge in [0, 0.05) is 60.4 Å². The number of rotatable bonds is 10. The van der Waals surface area contributed by atoms with Crippen LogP contribution in [0.5, 0.6) is 0 Å². The number of aliphatic hydroxyl groups excluding tert-OH is 1. The van der Waals surface area contributed by atoms with Gasteiger partial charge in [-0.1, -0.05) is 52.4 Å². The number of aryl methyl sites for hydroxylation is 1. The van der Waals surface area contributed by atoms with Crippen molar-refractivity contribution in [1.29, 1.82) is 0 Å². The highest BCUT2D eigenvalue weighted by molar-refractivity contribution is 9.10. The summed E-state index contributed by atoms with van der Waals surface area (Å²) in [5.41, 5.74) is 1.97. The molecule has 39 heavy (non-hydrogen) atoms. The molecule has 3 aromatic rings. The first-order chi connectivity index (χ1) is 18.8. The van der Waals surface area contributed by atoms with E-state index in [1.807, 2.05) is 67.7 Å². The van der Waals surface area contributed by atoms with Crippen LogP contribution in [0.4, 0.5) is 11.4 Å². The number of fused-ring (bicyclic) bond motifs is 1. The average molecular weight is 595 g/mol. The number of anilines is 2. The quantitative estimate of drug-likeness (QED) is 0.346. The predicted molar refractivity (Wildman–Crippen MR) is 151 cm³/mol. The molecule has 204 valence electrons. The van der Waals surface area contributed by atoms with Crippen molar-refractivity contribution in [2.45, 2.75) is 51.3 Å². The molecule has 2 aliphatic rings. The molecule has 1 aromatic heterocycles. The van der Waals surface area contributed by atoms with E-state index < -0.39 is 11.5 Å². The van der Waals surface area contributed by atoms with Crippen LogP contribution in [0.2, 0.25) is 0 Å². The molecule has 0 unspecified atom stereocenters. The fourth-order valence-corrected chi connectivity index (χ4v) is 5.69. The zero-order valence-electron chi connectivity index (χ0n) is 21.8. The average Bonchev–Trinajstić information content (AvgIpc) is 3.62. The SMILES string of the molecule is C[C@H](/C=C/CCn1cc(CCO)nn1)[C@@]1(O)C(=O)N(Cc2cccc(N3CCCC3=O)c2)c2ccc(Br)cc21. The number of allylic oxidation sites excluding steroid dienone is 1. The number of carbonyl (C=O) groups is 2. The molecule has 5 rings (SSSR count). The number of aliphatic hydroxyl groups is 2. The largest absolute Gasteiger partial charge is 0.396 e. The van der Waals surface area contributed by atoms with Crippen LogP contribution >= 0.6 is 15.9 Å². The summed E-state index contributed by atoms with van der Waals surface area (Å²) in [5.74, 6) is -0.748. The standard InChI is InChI=1S/C29H32BrN5O4/c1-20(6-2-3-13-33-19-23(12-15-36)31-32-33)29(39)25-17-22(30)10-11-26(25)35(28(29)38)18-21-7-4-8-24(16-21)34-14-5-9-27(34)37/h2,4,6-8,10-11,16-17,19-20,36,39H,3,5,9,12-15,18H2,1H3/b6-2+/t20-,29+/m1/s1. The van der Waals surface area contributed by atoms with Gasteiger partial charge in [0.15, 0.2) is 5.60 Å². The first kappa shape index (κ1) is 27.2. The smallest absolute Gasteiger partial charge is 0.264 e. The number of hydrogen-bond acceptors (Lipinski definition) is 6. The van der Waals surface area contributed by atoms with Gasteiger partial charge >= 0.3 is 0 Å². The van der Waals surface area contributed by atoms with E-state index in [2.05, 4.69) is 26.2 Å². The van der Waals surface area contributed by atoms with Crippen LogP contribution in [0, 0.1) is 5.92 Å². The van der Waals surface area contributed by atoms with E-state index in [0.29, 0.717) is 43.6 Å². The summed E-state index contributed by atoms with van der Waals surface area (Å²) in [5, 5.41) is 29.1. The lowest BCUT2D eigenvalue weighted by Crippen LogP contribution is -2.44. The molecule has 2 N–H and O–H groups in total. The second-order valence-corrected chi connectivity index (χ2v) is 11.0. The fraction of sp³-hybridized carbons (Fsp3) is 0.379. The van der Waals surface area contributed by atoms with Gasteiger partial charge in [0.25, 0.3) is 5.91 Å². The minimum Gasteiger partial charge on any atom is -0.396 e. The van der Waals surface area contributed by atoms with Gasteiger partial charge in [0.1, 0.15) is 0 Å². The highest BCUT2D eigenvalue weighted by atomic mass is 79.9. The molecule has 10 heteroatoms. The summed E-state index contributed by atoms with van der Waals surface area (Å²) in [7, 11) is 0. The van der Waals surface area contributed by atoms with Gasteiger partial charge in [-0.3, -0.25) is 14.3 Å². The Balaban J connectivity index is 1.34. The van der Waals surface area contributed by atoms with Crippen molar-refractivity contribution in [3.63, 3.8) is 0 Å². The van der Waals surface area contributed by atoms with E-state index in [1.165, 1.54) is 0 Å². The molecule has 2 aromatic carbocycles. The van der Waals surface area contributed by atoms with Crippen molar-refractivity contribution in [2.24, 2.45) is 5.92 Å². The van der Waals surface area contributed by atoms with Gasteiger partial charge in [0.2, 0.25) is 5.91 Å². The van der Waals surface area contributed by atoms with Gasteiger partial charge in [0.05, 0.1) is 17.9 Å². The minimum atomic E-state index is -1.72. The summed E-state index contributed by atoms with van der Waals surface area (Å²) in [4.78, 5) is 29.5. The number of aromatic nitrogens is 3. The second kappa shape index (κ2) is 11.4. The van der Waals surface area contributed by atoms with Crippen molar-refractivity contribution < 1.29 is 19.8 Å². The summed E-state index contributed by atoms with van der Waals surface area (Å²) >= 11 is 3.50. The van der Waals surface area contributed by atoms with Gasteiger partial charge in [-0.05, 0) is 48.7 Å². The molecule has 1 saturated heterocycles. The molecule has 3 heterocycles. The lowest BCUT2D eigenvalue weighted by atomic mass is 9.83. The third-order valence-corrected chi connectivity index (χ3v) is 7.92. The number of carbonyl (C=O) groups excluding carboxylic acids is 2. The molecule has 0 spiro atoms. The fourth-order valence-electron chi connectivity index (χ4n) is 5.33. The highest BCUT2D eigenvalue weighted by Crippen LogP contribution is 2.46. The molecular formula is C29H32BrN5O4. The summed E-state index contributed by atoms with van der Waals surface area (Å²) in [6.07, 6.45) is 8.14. The van der Waals surface area contributed by atoms with E-state index in [1.54, 1.807) is 14.5 Å². The summed E-state index contributed by atoms with van der Waals surface area (Å²) < 4.78 is 2.50. The minimum absolute atomic E-state index is 0.0287. The summed E-state index contributed by atoms with van der Waals surface area (Å²) in [6, 6.07) is 13.2. The molecule has 0 bridgehead atoms. The van der Waals surface area contributed by atoms with Crippen molar-refractivity contribution in [3.8, 4) is 0 Å². The third-order valence-electron chi connectivity index (χ3n) is 7.43. The zero-order valence-corrected chi connectivity index (χ0v) is 23.4. The number of amides is 2. The van der Waals surface area contributed by atoms with Gasteiger partial charge < -0.3 is 20.0 Å². The Morgan fingerprint density at radius 2 is 2.05 bits per heavy atom. The van der Waals surface area contributed by atoms with Crippen molar-refractivity contribution in [3.05, 3.63) is 82.1 Å². The van der Waals surface area contributed by atoms with E-state index >= 15 is 0 Å². The van der Waals surface area contributed by atoms with Crippen LogP contribution in [0.3, 0.4) is 0 Å². The monoisotopic (exact) mass is 593 g/mol. The Hall–Kier alpha value is -3.34. The first-order valence-electron chi connectivity index (χ1n) is 13.2. The first-order valence-corrected chi connectivity index (χ1v) is 14.0. The molecule has 0 radical (unpaired) electrons. The van der Waals surface area contributed by atoms with Gasteiger partial charge in [-0.2, -0.15) is 0 Å². The molecule has 2 amide bonds. The Bertz CT molecular complexity index is 1410. The predicted octanol–water partition coefficient (Wildman–Crippen LogP) is 3.72. The maximum atomic E-state index is 13.9. The second-order valence-electron chi connectivity index (χ2n) is 10.1. The van der Waals surface area contributed by atoms with E-state index in [4.69, 9.17) is 5.11 Å². The molecule has 2 aliphatic heterocycles. The topological polar surface area (TPSA) is 112 Å². The normalized spacial score (nSPS) is 19.9. The lowest BCUT2D eigenvalue weighted by molar-refractivity contribution is -0.139. The number of hydrogen-bond donors (Lipinski definition) is 2. The van der Waals surface area contributed by atoms with Crippen LogP contribution in [0.15, 0.2) is 65.3 Å². The van der Waals surface area contributed by atoms with Crippen LogP contribution in [-0.4, -0.2) is 50.2 Å². The Morgan fingerprint density at radius 1 is 1.21 bits per heavy atom. The molecule has 9 nitrogen and oxygen atoms in total. The highest BCUT2D eigenvalue weighted by Gasteiger charge is 2.52. The van der Waals surface area contributed by atoms with Crippen molar-refractivity contribution >= 4 is 39.1 Å². The Morgan fingerprint density at radius 3 is 2.82 bits per heavy atom.